The average molecular weight is 235 g/mol. The quantitative estimate of drug-likeness (QED) is 0.668. The van der Waals surface area contributed by atoms with Gasteiger partial charge in [0.05, 0.1) is 28.8 Å². The van der Waals surface area contributed by atoms with Crippen LogP contribution >= 0.6 is 0 Å². The molecule has 0 spiro atoms. The van der Waals surface area contributed by atoms with E-state index in [0.717, 1.165) is 28.0 Å². The van der Waals surface area contributed by atoms with E-state index < -0.39 is 0 Å². The fourth-order valence-electron chi connectivity index (χ4n) is 1.91. The molecular weight excluding hydrogens is 222 g/mol. The van der Waals surface area contributed by atoms with Crippen LogP contribution in [0.15, 0.2) is 60.8 Å². The van der Waals surface area contributed by atoms with Crippen molar-refractivity contribution in [3.63, 3.8) is 0 Å². The normalized spacial score (nSPS) is 10.4. The van der Waals surface area contributed by atoms with E-state index >= 15 is 0 Å². The first kappa shape index (κ1) is 10.6. The Morgan fingerprint density at radius 2 is 1.72 bits per heavy atom. The minimum atomic E-state index is 0.727. The van der Waals surface area contributed by atoms with Crippen LogP contribution < -0.4 is 11.1 Å². The number of fused-ring (bicyclic) bond motifs is 1. The summed E-state index contributed by atoms with van der Waals surface area (Å²) < 4.78 is 0. The van der Waals surface area contributed by atoms with E-state index in [9.17, 15) is 0 Å². The third kappa shape index (κ3) is 1.98. The Kier molecular flexibility index (Phi) is 2.57. The molecule has 0 saturated carbocycles. The molecule has 0 saturated heterocycles. The summed E-state index contributed by atoms with van der Waals surface area (Å²) in [7, 11) is 0. The summed E-state index contributed by atoms with van der Waals surface area (Å²) in [5.74, 6) is 0. The molecule has 3 N–H and O–H groups in total. The molecule has 3 aromatic rings. The highest BCUT2D eigenvalue weighted by Crippen LogP contribution is 2.24. The van der Waals surface area contributed by atoms with Gasteiger partial charge < -0.3 is 11.1 Å². The smallest absolute Gasteiger partial charge is 0.0703 e. The first-order valence-electron chi connectivity index (χ1n) is 5.79. The van der Waals surface area contributed by atoms with Crippen LogP contribution in [0.5, 0.6) is 0 Å². The van der Waals surface area contributed by atoms with Crippen molar-refractivity contribution in [2.75, 3.05) is 11.1 Å². The Labute approximate surface area is 105 Å². The molecule has 0 aliphatic rings. The number of hydrogen-bond acceptors (Lipinski definition) is 3. The molecule has 3 rings (SSSR count). The van der Waals surface area contributed by atoms with Crippen molar-refractivity contribution in [3.05, 3.63) is 60.8 Å². The van der Waals surface area contributed by atoms with Gasteiger partial charge in [-0.15, -0.1) is 0 Å². The Morgan fingerprint density at radius 3 is 2.61 bits per heavy atom. The van der Waals surface area contributed by atoms with Crippen molar-refractivity contribution >= 4 is 28.0 Å². The molecule has 0 aliphatic heterocycles. The molecule has 18 heavy (non-hydrogen) atoms. The highest BCUT2D eigenvalue weighted by molar-refractivity contribution is 5.83. The Bertz CT molecular complexity index is 692. The number of nitrogens with two attached hydrogens (primary N) is 1. The second kappa shape index (κ2) is 4.37. The lowest BCUT2D eigenvalue weighted by Crippen LogP contribution is -1.96. The lowest BCUT2D eigenvalue weighted by Gasteiger charge is -2.09. The number of pyridine rings is 1. The molecule has 0 amide bonds. The van der Waals surface area contributed by atoms with Crippen molar-refractivity contribution < 1.29 is 0 Å². The van der Waals surface area contributed by atoms with Crippen molar-refractivity contribution in [2.24, 2.45) is 0 Å². The topological polar surface area (TPSA) is 50.9 Å². The molecule has 0 bridgehead atoms. The van der Waals surface area contributed by atoms with E-state index in [-0.39, 0.29) is 0 Å². The van der Waals surface area contributed by atoms with E-state index in [1.54, 1.807) is 0 Å². The van der Waals surface area contributed by atoms with Crippen LogP contribution in [0.25, 0.3) is 10.9 Å². The van der Waals surface area contributed by atoms with Crippen molar-refractivity contribution in [1.82, 2.24) is 4.98 Å². The minimum absolute atomic E-state index is 0.727. The Hall–Kier alpha value is -2.55. The standard InChI is InChI=1S/C15H13N3/c16-13-6-2-4-8-15(13)18-12-9-11-5-1-3-7-14(11)17-10-12/h1-10,18H,16H2. The number of anilines is 3. The SMILES string of the molecule is Nc1ccccc1Nc1cnc2ccccc2c1. The largest absolute Gasteiger partial charge is 0.397 e. The van der Waals surface area contributed by atoms with Crippen LogP contribution in [-0.4, -0.2) is 4.98 Å². The maximum Gasteiger partial charge on any atom is 0.0703 e. The zero-order valence-corrected chi connectivity index (χ0v) is 9.80. The summed E-state index contributed by atoms with van der Waals surface area (Å²) in [5, 5.41) is 4.39. The summed E-state index contributed by atoms with van der Waals surface area (Å²) in [6.45, 7) is 0. The summed E-state index contributed by atoms with van der Waals surface area (Å²) >= 11 is 0. The predicted molar refractivity (Wildman–Crippen MR) is 75.9 cm³/mol. The highest BCUT2D eigenvalue weighted by atomic mass is 14.9. The maximum absolute atomic E-state index is 5.90. The van der Waals surface area contributed by atoms with Crippen LogP contribution in [0.2, 0.25) is 0 Å². The zero-order chi connectivity index (χ0) is 12.4. The van der Waals surface area contributed by atoms with Gasteiger partial charge in [-0.25, -0.2) is 0 Å². The van der Waals surface area contributed by atoms with Gasteiger partial charge in [0, 0.05) is 5.39 Å². The van der Waals surface area contributed by atoms with E-state index in [2.05, 4.69) is 16.4 Å². The van der Waals surface area contributed by atoms with Crippen LogP contribution in [0, 0.1) is 0 Å². The molecular formula is C15H13N3. The molecule has 3 nitrogen and oxygen atoms in total. The second-order valence-corrected chi connectivity index (χ2v) is 4.13. The van der Waals surface area contributed by atoms with Gasteiger partial charge in [0.15, 0.2) is 0 Å². The monoisotopic (exact) mass is 235 g/mol. The van der Waals surface area contributed by atoms with Gasteiger partial charge >= 0.3 is 0 Å². The Morgan fingerprint density at radius 1 is 0.944 bits per heavy atom. The number of rotatable bonds is 2. The number of benzene rings is 2. The fourth-order valence-corrected chi connectivity index (χ4v) is 1.91. The summed E-state index contributed by atoms with van der Waals surface area (Å²) in [4.78, 5) is 4.40. The lowest BCUT2D eigenvalue weighted by molar-refractivity contribution is 1.40. The number of nitrogens with one attached hydrogen (secondary N) is 1. The van der Waals surface area contributed by atoms with E-state index in [0.29, 0.717) is 0 Å². The molecule has 0 radical (unpaired) electrons. The van der Waals surface area contributed by atoms with Gasteiger partial charge in [-0.1, -0.05) is 30.3 Å². The predicted octanol–water partition coefficient (Wildman–Crippen LogP) is 3.56. The third-order valence-electron chi connectivity index (χ3n) is 2.83. The Balaban J connectivity index is 1.98. The number of para-hydroxylation sites is 3. The van der Waals surface area contributed by atoms with Crippen LogP contribution in [0.1, 0.15) is 0 Å². The van der Waals surface area contributed by atoms with Gasteiger partial charge in [-0.2, -0.15) is 0 Å². The zero-order valence-electron chi connectivity index (χ0n) is 9.80. The number of aromatic nitrogens is 1. The van der Waals surface area contributed by atoms with Crippen LogP contribution in [-0.2, 0) is 0 Å². The van der Waals surface area contributed by atoms with Gasteiger partial charge in [0.1, 0.15) is 0 Å². The molecule has 0 atom stereocenters. The van der Waals surface area contributed by atoms with Crippen LogP contribution in [0.3, 0.4) is 0 Å². The minimum Gasteiger partial charge on any atom is -0.397 e. The molecule has 1 aromatic heterocycles. The molecule has 0 aliphatic carbocycles. The van der Waals surface area contributed by atoms with Gasteiger partial charge in [-0.05, 0) is 24.3 Å². The molecule has 1 heterocycles. The molecule has 88 valence electrons. The van der Waals surface area contributed by atoms with E-state index in [4.69, 9.17) is 5.73 Å². The maximum atomic E-state index is 5.90. The third-order valence-corrected chi connectivity index (χ3v) is 2.83. The second-order valence-electron chi connectivity index (χ2n) is 4.13. The van der Waals surface area contributed by atoms with Gasteiger partial charge in [-0.3, -0.25) is 4.98 Å². The number of hydrogen-bond donors (Lipinski definition) is 2. The van der Waals surface area contributed by atoms with E-state index in [1.807, 2.05) is 54.7 Å². The first-order valence-corrected chi connectivity index (χ1v) is 5.79. The molecule has 0 unspecified atom stereocenters. The van der Waals surface area contributed by atoms with E-state index in [1.165, 1.54) is 0 Å². The van der Waals surface area contributed by atoms with Gasteiger partial charge in [0.2, 0.25) is 0 Å². The van der Waals surface area contributed by atoms with Gasteiger partial charge in [0.25, 0.3) is 0 Å². The fraction of sp³-hybridized carbons (Fsp3) is 0. The lowest BCUT2D eigenvalue weighted by atomic mass is 10.2. The van der Waals surface area contributed by atoms with Crippen molar-refractivity contribution in [2.45, 2.75) is 0 Å². The number of nitrogens with zero attached hydrogens (tertiary/aromatic N) is 1. The first-order chi connectivity index (χ1) is 8.83. The van der Waals surface area contributed by atoms with Crippen molar-refractivity contribution in [1.29, 1.82) is 0 Å². The molecule has 3 heteroatoms. The van der Waals surface area contributed by atoms with Crippen molar-refractivity contribution in [3.8, 4) is 0 Å². The highest BCUT2D eigenvalue weighted by Gasteiger charge is 2.00. The summed E-state index contributed by atoms with van der Waals surface area (Å²) in [6, 6.07) is 17.8. The molecule has 0 fully saturated rings. The summed E-state index contributed by atoms with van der Waals surface area (Å²) in [6.07, 6.45) is 1.81. The molecule has 2 aromatic carbocycles. The van der Waals surface area contributed by atoms with Crippen LogP contribution in [0.4, 0.5) is 17.1 Å². The number of nitrogen functional groups attached to an aromatic ring is 1. The summed E-state index contributed by atoms with van der Waals surface area (Å²) in [5.41, 5.74) is 9.45. The average Bonchev–Trinajstić information content (AvgIpc) is 2.41.